The summed E-state index contributed by atoms with van der Waals surface area (Å²) in [6.07, 6.45) is 6.83. The van der Waals surface area contributed by atoms with E-state index >= 15 is 0 Å². The summed E-state index contributed by atoms with van der Waals surface area (Å²) in [4.78, 5) is 0. The Bertz CT molecular complexity index is 394. The van der Waals surface area contributed by atoms with Crippen LogP contribution in [0.15, 0.2) is 24.3 Å². The average Bonchev–Trinajstić information content (AvgIpc) is 3.28. The summed E-state index contributed by atoms with van der Waals surface area (Å²) in [7, 11) is 0. The van der Waals surface area contributed by atoms with Crippen LogP contribution >= 0.6 is 0 Å². The molecule has 1 unspecified atom stereocenters. The van der Waals surface area contributed by atoms with Gasteiger partial charge in [-0.15, -0.1) is 0 Å². The summed E-state index contributed by atoms with van der Waals surface area (Å²) in [6, 6.07) is 7.35. The fourth-order valence-corrected chi connectivity index (χ4v) is 3.24. The molecular weight excluding hydrogens is 237 g/mol. The molecule has 1 aromatic rings. The maximum atomic E-state index is 13.0. The first-order chi connectivity index (χ1) is 9.28. The van der Waals surface area contributed by atoms with Gasteiger partial charge in [-0.25, -0.2) is 4.39 Å². The third-order valence-electron chi connectivity index (χ3n) is 4.74. The van der Waals surface area contributed by atoms with Gasteiger partial charge in [-0.3, -0.25) is 0 Å². The molecule has 1 aromatic carbocycles. The highest BCUT2D eigenvalue weighted by molar-refractivity contribution is 5.19. The molecule has 1 atom stereocenters. The van der Waals surface area contributed by atoms with Crippen LogP contribution in [0.2, 0.25) is 0 Å². The second-order valence-corrected chi connectivity index (χ2v) is 6.26. The predicted molar refractivity (Wildman–Crippen MR) is 76.4 cm³/mol. The van der Waals surface area contributed by atoms with Gasteiger partial charge >= 0.3 is 0 Å². The lowest BCUT2D eigenvalue weighted by molar-refractivity contribution is 0.353. The second kappa shape index (κ2) is 5.62. The largest absolute Gasteiger partial charge is 0.310 e. The van der Waals surface area contributed by atoms with Gasteiger partial charge in [0, 0.05) is 6.04 Å². The Hall–Kier alpha value is -0.890. The van der Waals surface area contributed by atoms with E-state index in [1.54, 1.807) is 12.1 Å². The molecule has 0 amide bonds. The van der Waals surface area contributed by atoms with E-state index in [-0.39, 0.29) is 5.82 Å². The number of benzene rings is 1. The number of halogens is 1. The van der Waals surface area contributed by atoms with Crippen molar-refractivity contribution < 1.29 is 4.39 Å². The molecule has 0 aromatic heterocycles. The van der Waals surface area contributed by atoms with Gasteiger partial charge < -0.3 is 5.32 Å². The maximum Gasteiger partial charge on any atom is 0.123 e. The summed E-state index contributed by atoms with van der Waals surface area (Å²) in [5.74, 6) is 2.73. The van der Waals surface area contributed by atoms with Gasteiger partial charge in [0.15, 0.2) is 0 Å². The van der Waals surface area contributed by atoms with Gasteiger partial charge in [0.25, 0.3) is 0 Å². The van der Waals surface area contributed by atoms with E-state index < -0.39 is 0 Å². The molecule has 0 aliphatic heterocycles. The smallest absolute Gasteiger partial charge is 0.123 e. The Labute approximate surface area is 115 Å². The Morgan fingerprint density at radius 3 is 2.16 bits per heavy atom. The molecule has 0 heterocycles. The van der Waals surface area contributed by atoms with E-state index in [1.165, 1.54) is 31.2 Å². The maximum absolute atomic E-state index is 13.0. The SMILES string of the molecule is CCC(NCC(C1CC1)C1CC1)c1ccc(F)cc1. The van der Waals surface area contributed by atoms with Gasteiger partial charge in [-0.2, -0.15) is 0 Å². The van der Waals surface area contributed by atoms with E-state index in [9.17, 15) is 4.39 Å². The topological polar surface area (TPSA) is 12.0 Å². The number of hydrogen-bond acceptors (Lipinski definition) is 1. The van der Waals surface area contributed by atoms with Crippen LogP contribution in [-0.4, -0.2) is 6.54 Å². The van der Waals surface area contributed by atoms with Crippen molar-refractivity contribution in [1.29, 1.82) is 0 Å². The van der Waals surface area contributed by atoms with Crippen molar-refractivity contribution in [3.05, 3.63) is 35.6 Å². The number of rotatable bonds is 7. The van der Waals surface area contributed by atoms with Crippen molar-refractivity contribution in [3.8, 4) is 0 Å². The molecular formula is C17H24FN. The lowest BCUT2D eigenvalue weighted by atomic mass is 9.96. The van der Waals surface area contributed by atoms with Crippen LogP contribution in [0.1, 0.15) is 50.6 Å². The molecule has 1 nitrogen and oxygen atoms in total. The number of hydrogen-bond donors (Lipinski definition) is 1. The predicted octanol–water partition coefficient (Wildman–Crippen LogP) is 4.30. The van der Waals surface area contributed by atoms with Crippen molar-refractivity contribution in [2.45, 2.75) is 45.1 Å². The Balaban J connectivity index is 1.58. The molecule has 2 saturated carbocycles. The lowest BCUT2D eigenvalue weighted by Gasteiger charge is -2.22. The van der Waals surface area contributed by atoms with Crippen molar-refractivity contribution in [1.82, 2.24) is 5.32 Å². The Morgan fingerprint density at radius 2 is 1.68 bits per heavy atom. The van der Waals surface area contributed by atoms with E-state index in [0.29, 0.717) is 6.04 Å². The third kappa shape index (κ3) is 3.36. The van der Waals surface area contributed by atoms with Crippen molar-refractivity contribution >= 4 is 0 Å². The fraction of sp³-hybridized carbons (Fsp3) is 0.647. The van der Waals surface area contributed by atoms with Crippen molar-refractivity contribution in [2.75, 3.05) is 6.54 Å². The monoisotopic (exact) mass is 261 g/mol. The van der Waals surface area contributed by atoms with Crippen LogP contribution in [0, 0.1) is 23.6 Å². The summed E-state index contributed by atoms with van der Waals surface area (Å²) in [5, 5.41) is 3.73. The van der Waals surface area contributed by atoms with Crippen molar-refractivity contribution in [2.24, 2.45) is 17.8 Å². The molecule has 0 radical (unpaired) electrons. The minimum atomic E-state index is -0.146. The highest BCUT2D eigenvalue weighted by atomic mass is 19.1. The molecule has 2 heteroatoms. The molecule has 104 valence electrons. The average molecular weight is 261 g/mol. The molecule has 0 saturated heterocycles. The zero-order valence-corrected chi connectivity index (χ0v) is 11.7. The summed E-state index contributed by atoms with van der Waals surface area (Å²) >= 11 is 0. The van der Waals surface area contributed by atoms with E-state index in [4.69, 9.17) is 0 Å². The third-order valence-corrected chi connectivity index (χ3v) is 4.74. The zero-order chi connectivity index (χ0) is 13.2. The molecule has 19 heavy (non-hydrogen) atoms. The van der Waals surface area contributed by atoms with Gasteiger partial charge in [0.05, 0.1) is 0 Å². The first-order valence-corrected chi connectivity index (χ1v) is 7.76. The normalized spacial score (nSPS) is 20.8. The molecule has 0 bridgehead atoms. The molecule has 0 spiro atoms. The van der Waals surface area contributed by atoms with E-state index in [1.807, 2.05) is 12.1 Å². The molecule has 1 N–H and O–H groups in total. The van der Waals surface area contributed by atoms with Crippen LogP contribution in [0.5, 0.6) is 0 Å². The minimum Gasteiger partial charge on any atom is -0.310 e. The van der Waals surface area contributed by atoms with Crippen LogP contribution < -0.4 is 5.32 Å². The van der Waals surface area contributed by atoms with Crippen LogP contribution in [0.25, 0.3) is 0 Å². The van der Waals surface area contributed by atoms with Gasteiger partial charge in [-0.05, 0) is 74.1 Å². The first-order valence-electron chi connectivity index (χ1n) is 7.76. The molecule has 2 aliphatic rings. The van der Waals surface area contributed by atoms with Crippen molar-refractivity contribution in [3.63, 3.8) is 0 Å². The number of nitrogens with one attached hydrogen (secondary N) is 1. The van der Waals surface area contributed by atoms with E-state index in [2.05, 4.69) is 12.2 Å². The van der Waals surface area contributed by atoms with Gasteiger partial charge in [0.2, 0.25) is 0 Å². The van der Waals surface area contributed by atoms with Gasteiger partial charge in [0.1, 0.15) is 5.82 Å². The summed E-state index contributed by atoms with van der Waals surface area (Å²) in [5.41, 5.74) is 1.22. The quantitative estimate of drug-likeness (QED) is 0.771. The zero-order valence-electron chi connectivity index (χ0n) is 11.7. The van der Waals surface area contributed by atoms with E-state index in [0.717, 1.165) is 30.7 Å². The Morgan fingerprint density at radius 1 is 1.11 bits per heavy atom. The lowest BCUT2D eigenvalue weighted by Crippen LogP contribution is -2.29. The fourth-order valence-electron chi connectivity index (χ4n) is 3.24. The first kappa shape index (κ1) is 13.1. The standard InChI is InChI=1S/C17H24FN/c1-2-17(14-7-9-15(18)10-8-14)19-11-16(12-3-4-12)13-5-6-13/h7-10,12-13,16-17,19H,2-6,11H2,1H3. The second-order valence-electron chi connectivity index (χ2n) is 6.26. The highest BCUT2D eigenvalue weighted by Gasteiger charge is 2.41. The molecule has 2 fully saturated rings. The van der Waals surface area contributed by atoms with Crippen LogP contribution in [-0.2, 0) is 0 Å². The van der Waals surface area contributed by atoms with Crippen LogP contribution in [0.4, 0.5) is 4.39 Å². The molecule has 2 aliphatic carbocycles. The summed E-state index contributed by atoms with van der Waals surface area (Å²) in [6.45, 7) is 3.34. The highest BCUT2D eigenvalue weighted by Crippen LogP contribution is 2.49. The summed E-state index contributed by atoms with van der Waals surface area (Å²) < 4.78 is 13.0. The van der Waals surface area contributed by atoms with Crippen LogP contribution in [0.3, 0.4) is 0 Å². The minimum absolute atomic E-state index is 0.146. The van der Waals surface area contributed by atoms with Gasteiger partial charge in [-0.1, -0.05) is 19.1 Å². The molecule has 3 rings (SSSR count). The Kier molecular flexibility index (Phi) is 3.88.